The molecule has 0 saturated carbocycles. The van der Waals surface area contributed by atoms with Crippen LogP contribution >= 0.6 is 0 Å². The summed E-state index contributed by atoms with van der Waals surface area (Å²) in [7, 11) is 0. The van der Waals surface area contributed by atoms with Crippen molar-refractivity contribution >= 4 is 10.8 Å². The third-order valence-corrected chi connectivity index (χ3v) is 2.89. The maximum absolute atomic E-state index is 3.25. The molecule has 0 radical (unpaired) electrons. The molecular formula is C18H18Cl2Ti. The average Bonchev–Trinajstić information content (AvgIpc) is 3.08. The van der Waals surface area contributed by atoms with Crippen molar-refractivity contribution in [3.63, 3.8) is 0 Å². The third kappa shape index (κ3) is 7.78. The summed E-state index contributed by atoms with van der Waals surface area (Å²) in [6.07, 6.45) is 13.8. The molecule has 1 aliphatic rings. The van der Waals surface area contributed by atoms with Gasteiger partial charge < -0.3 is 24.8 Å². The van der Waals surface area contributed by atoms with Gasteiger partial charge >= 0.3 is 21.7 Å². The first-order valence-corrected chi connectivity index (χ1v) is 6.38. The van der Waals surface area contributed by atoms with Crippen molar-refractivity contribution in [2.45, 2.75) is 19.8 Å². The SMILES string of the molecule is CC=CCC1=[C-]CC=C1.[Cl-].[Cl-].[Ti+4].c1ccc2[cH-]ccc2c1. The van der Waals surface area contributed by atoms with Gasteiger partial charge in [-0.3, -0.25) is 6.08 Å². The fourth-order valence-electron chi connectivity index (χ4n) is 1.91. The number of fused-ring (bicyclic) bond motifs is 1. The first-order chi connectivity index (χ1) is 8.90. The molecule has 2 aromatic rings. The Morgan fingerprint density at radius 3 is 2.57 bits per heavy atom. The molecule has 0 unspecified atom stereocenters. The van der Waals surface area contributed by atoms with Crippen molar-refractivity contribution in [2.24, 2.45) is 0 Å². The van der Waals surface area contributed by atoms with Crippen molar-refractivity contribution in [1.29, 1.82) is 0 Å². The zero-order valence-electron chi connectivity index (χ0n) is 12.0. The van der Waals surface area contributed by atoms with Crippen LogP contribution < -0.4 is 24.8 Å². The van der Waals surface area contributed by atoms with Crippen LogP contribution in [0.15, 0.2) is 72.3 Å². The van der Waals surface area contributed by atoms with E-state index < -0.39 is 0 Å². The molecule has 21 heavy (non-hydrogen) atoms. The minimum atomic E-state index is 0. The van der Waals surface area contributed by atoms with E-state index in [4.69, 9.17) is 0 Å². The molecule has 0 heterocycles. The molecule has 3 rings (SSSR count). The Bertz CT molecular complexity index is 549. The molecule has 108 valence electrons. The Morgan fingerprint density at radius 2 is 1.95 bits per heavy atom. The van der Waals surface area contributed by atoms with Gasteiger partial charge in [0.1, 0.15) is 0 Å². The molecule has 2 aromatic carbocycles. The van der Waals surface area contributed by atoms with Crippen LogP contribution in [0.25, 0.3) is 10.8 Å². The number of benzene rings is 1. The number of allylic oxidation sites excluding steroid dienone is 6. The van der Waals surface area contributed by atoms with E-state index in [1.165, 1.54) is 16.3 Å². The van der Waals surface area contributed by atoms with Crippen molar-refractivity contribution in [2.75, 3.05) is 0 Å². The van der Waals surface area contributed by atoms with Crippen molar-refractivity contribution in [3.05, 3.63) is 78.4 Å². The second kappa shape index (κ2) is 13.0. The van der Waals surface area contributed by atoms with Gasteiger partial charge in [-0.05, 0) is 13.3 Å². The summed E-state index contributed by atoms with van der Waals surface area (Å²) in [5.74, 6) is 0. The molecule has 0 saturated heterocycles. The molecule has 0 spiro atoms. The molecule has 0 bridgehead atoms. The largest absolute Gasteiger partial charge is 4.00 e. The van der Waals surface area contributed by atoms with Gasteiger partial charge in [0.05, 0.1) is 0 Å². The Kier molecular flexibility index (Phi) is 14.0. The van der Waals surface area contributed by atoms with E-state index in [1.807, 2.05) is 6.92 Å². The van der Waals surface area contributed by atoms with Crippen LogP contribution in [0.2, 0.25) is 0 Å². The second-order valence-electron chi connectivity index (χ2n) is 4.24. The summed E-state index contributed by atoms with van der Waals surface area (Å²) in [5, 5.41) is 2.66. The summed E-state index contributed by atoms with van der Waals surface area (Å²) in [4.78, 5) is 0. The molecule has 0 fully saturated rings. The Labute approximate surface area is 155 Å². The average molecular weight is 353 g/mol. The molecule has 0 amide bonds. The van der Waals surface area contributed by atoms with Gasteiger partial charge in [0.15, 0.2) is 0 Å². The van der Waals surface area contributed by atoms with Gasteiger partial charge in [0, 0.05) is 0 Å². The van der Waals surface area contributed by atoms with Crippen LogP contribution in [0.3, 0.4) is 0 Å². The van der Waals surface area contributed by atoms with Gasteiger partial charge in [-0.15, -0.1) is 36.1 Å². The molecule has 1 aliphatic carbocycles. The summed E-state index contributed by atoms with van der Waals surface area (Å²) in [5.41, 5.74) is 1.33. The van der Waals surface area contributed by atoms with E-state index >= 15 is 0 Å². The summed E-state index contributed by atoms with van der Waals surface area (Å²) < 4.78 is 0. The Balaban J connectivity index is 0. The molecule has 0 nitrogen and oxygen atoms in total. The number of hydrogen-bond acceptors (Lipinski definition) is 0. The first-order valence-electron chi connectivity index (χ1n) is 6.38. The number of halogens is 2. The second-order valence-corrected chi connectivity index (χ2v) is 4.24. The van der Waals surface area contributed by atoms with Crippen molar-refractivity contribution in [3.8, 4) is 0 Å². The molecule has 0 aliphatic heterocycles. The molecule has 0 atom stereocenters. The summed E-state index contributed by atoms with van der Waals surface area (Å²) in [6.45, 7) is 2.04. The standard InChI is InChI=1S/C9H7.C9H11.2ClH.Ti/c1-2-5-9-7-3-6-8(9)4-1;1-2-3-6-9-7-4-5-8-9;;;/h1-7H;2-4,7H,5-6H2,1H3;2*1H;/q2*-1;;;+4/p-2. The van der Waals surface area contributed by atoms with Crippen molar-refractivity contribution < 1.29 is 46.5 Å². The third-order valence-electron chi connectivity index (χ3n) is 2.89. The molecular weight excluding hydrogens is 335 g/mol. The topological polar surface area (TPSA) is 0 Å². The summed E-state index contributed by atoms with van der Waals surface area (Å²) >= 11 is 0. The fraction of sp³-hybridized carbons (Fsp3) is 0.167. The van der Waals surface area contributed by atoms with Crippen molar-refractivity contribution in [1.82, 2.24) is 0 Å². The van der Waals surface area contributed by atoms with Gasteiger partial charge in [-0.25, -0.2) is 11.6 Å². The minimum absolute atomic E-state index is 0. The number of hydrogen-bond donors (Lipinski definition) is 0. The maximum atomic E-state index is 3.25. The monoisotopic (exact) mass is 352 g/mol. The quantitative estimate of drug-likeness (QED) is 0.377. The Morgan fingerprint density at radius 1 is 1.19 bits per heavy atom. The zero-order valence-corrected chi connectivity index (χ0v) is 15.1. The van der Waals surface area contributed by atoms with E-state index in [0.29, 0.717) is 0 Å². The fourth-order valence-corrected chi connectivity index (χ4v) is 1.91. The van der Waals surface area contributed by atoms with E-state index in [1.54, 1.807) is 0 Å². The molecule has 0 aromatic heterocycles. The van der Waals surface area contributed by atoms with Gasteiger partial charge in [-0.1, -0.05) is 18.2 Å². The van der Waals surface area contributed by atoms with Crippen LogP contribution in [0.4, 0.5) is 0 Å². The van der Waals surface area contributed by atoms with Gasteiger partial charge in [0.2, 0.25) is 0 Å². The van der Waals surface area contributed by atoms with E-state index in [2.05, 4.69) is 72.8 Å². The molecule has 3 heteroatoms. The molecule has 0 N–H and O–H groups in total. The maximum Gasteiger partial charge on any atom is 4.00 e. The Hall–Kier alpha value is -0.656. The van der Waals surface area contributed by atoms with Crippen LogP contribution in [0.1, 0.15) is 19.8 Å². The predicted molar refractivity (Wildman–Crippen MR) is 79.5 cm³/mol. The van der Waals surface area contributed by atoms with Gasteiger partial charge in [0.25, 0.3) is 0 Å². The van der Waals surface area contributed by atoms with Crippen LogP contribution in [0, 0.1) is 6.08 Å². The van der Waals surface area contributed by atoms with E-state index in [0.717, 1.165) is 12.8 Å². The predicted octanol–water partition coefficient (Wildman–Crippen LogP) is -0.794. The van der Waals surface area contributed by atoms with Crippen LogP contribution in [-0.2, 0) is 21.7 Å². The van der Waals surface area contributed by atoms with Crippen LogP contribution in [0.5, 0.6) is 0 Å². The van der Waals surface area contributed by atoms with E-state index in [-0.39, 0.29) is 46.5 Å². The smallest absolute Gasteiger partial charge is 1.00 e. The normalized spacial score (nSPS) is 11.8. The first kappa shape index (κ1) is 22.6. The zero-order chi connectivity index (χ0) is 12.6. The van der Waals surface area contributed by atoms with E-state index in [9.17, 15) is 0 Å². The van der Waals surface area contributed by atoms with Crippen LogP contribution in [-0.4, -0.2) is 0 Å². The summed E-state index contributed by atoms with van der Waals surface area (Å²) in [6, 6.07) is 14.7. The number of rotatable bonds is 2. The minimum Gasteiger partial charge on any atom is -1.00 e. The van der Waals surface area contributed by atoms with Gasteiger partial charge in [-0.2, -0.15) is 23.6 Å².